The second-order valence-corrected chi connectivity index (χ2v) is 4.88. The van der Waals surface area contributed by atoms with Gasteiger partial charge in [-0.1, -0.05) is 26.0 Å². The van der Waals surface area contributed by atoms with Gasteiger partial charge in [0.15, 0.2) is 17.9 Å². The van der Waals surface area contributed by atoms with Crippen LogP contribution in [0.15, 0.2) is 18.2 Å². The highest BCUT2D eigenvalue weighted by molar-refractivity contribution is 5.64. The minimum atomic E-state index is -5.12. The van der Waals surface area contributed by atoms with Crippen molar-refractivity contribution in [1.29, 1.82) is 0 Å². The molecule has 118 valence electrons. The van der Waals surface area contributed by atoms with Gasteiger partial charge in [-0.05, 0) is 12.0 Å². The average Bonchev–Trinajstić information content (AvgIpc) is 2.43. The molecule has 0 aliphatic rings. The lowest BCUT2D eigenvalue weighted by Crippen LogP contribution is -2.53. The van der Waals surface area contributed by atoms with Gasteiger partial charge in [0.05, 0.1) is 7.11 Å². The highest BCUT2D eigenvalue weighted by Gasteiger charge is 2.58. The molecule has 0 heterocycles. The summed E-state index contributed by atoms with van der Waals surface area (Å²) >= 11 is 0. The number of rotatable bonds is 5. The summed E-state index contributed by atoms with van der Waals surface area (Å²) in [7, 11) is 1.19. The molecule has 1 aromatic carbocycles. The molecule has 0 aliphatic heterocycles. The average molecular weight is 308 g/mol. The van der Waals surface area contributed by atoms with Crippen molar-refractivity contribution in [3.63, 3.8) is 0 Å². The fraction of sp³-hybridized carbons (Fsp3) is 0.500. The van der Waals surface area contributed by atoms with Gasteiger partial charge in [0.2, 0.25) is 5.60 Å². The number of benzene rings is 1. The maximum atomic E-state index is 13.6. The molecule has 3 nitrogen and oxygen atoms in total. The Balaban J connectivity index is 3.28. The summed E-state index contributed by atoms with van der Waals surface area (Å²) in [6, 6.07) is 3.82. The second kappa shape index (κ2) is 6.01. The molecule has 1 N–H and O–H groups in total. The Morgan fingerprint density at radius 2 is 1.86 bits per heavy atom. The Morgan fingerprint density at radius 3 is 2.29 bits per heavy atom. The van der Waals surface area contributed by atoms with Crippen molar-refractivity contribution in [1.82, 2.24) is 0 Å². The van der Waals surface area contributed by atoms with E-state index in [1.807, 2.05) is 0 Å². The zero-order valence-corrected chi connectivity index (χ0v) is 11.7. The molecule has 1 rings (SSSR count). The van der Waals surface area contributed by atoms with Crippen molar-refractivity contribution in [2.45, 2.75) is 31.5 Å². The summed E-state index contributed by atoms with van der Waals surface area (Å²) in [4.78, 5) is 10.8. The number of halogens is 4. The molecule has 1 aromatic rings. The van der Waals surface area contributed by atoms with Crippen LogP contribution >= 0.6 is 0 Å². The Hall–Kier alpha value is -1.63. The predicted octanol–water partition coefficient (Wildman–Crippen LogP) is 3.07. The van der Waals surface area contributed by atoms with Crippen LogP contribution in [0.5, 0.6) is 5.75 Å². The molecule has 3 atom stereocenters. The van der Waals surface area contributed by atoms with Crippen LogP contribution in [-0.2, 0) is 4.79 Å². The van der Waals surface area contributed by atoms with E-state index in [9.17, 15) is 27.5 Å². The molecule has 0 saturated carbocycles. The highest BCUT2D eigenvalue weighted by Crippen LogP contribution is 2.43. The minimum absolute atomic E-state index is 0.148. The van der Waals surface area contributed by atoms with Crippen LogP contribution in [0.3, 0.4) is 0 Å². The fourth-order valence-corrected chi connectivity index (χ4v) is 2.18. The number of aliphatic hydroxyl groups is 1. The Kier molecular flexibility index (Phi) is 4.99. The number of aldehydes is 1. The number of hydrogen-bond acceptors (Lipinski definition) is 3. The standard InChI is InChI=1S/C14H16F4O3/c1-8(9(2)13(20,7-19)14(16,17)18)10-5-4-6-11(15)12(10)21-3/h4-9,20H,1-3H3. The van der Waals surface area contributed by atoms with E-state index in [0.717, 1.165) is 13.0 Å². The van der Waals surface area contributed by atoms with E-state index in [0.29, 0.717) is 0 Å². The maximum Gasteiger partial charge on any atom is 0.424 e. The number of hydrogen-bond donors (Lipinski definition) is 1. The van der Waals surface area contributed by atoms with Crippen LogP contribution < -0.4 is 4.74 Å². The van der Waals surface area contributed by atoms with Crippen LogP contribution in [0.4, 0.5) is 17.6 Å². The largest absolute Gasteiger partial charge is 0.493 e. The Morgan fingerprint density at radius 1 is 1.29 bits per heavy atom. The number of carbonyl (C=O) groups is 1. The third kappa shape index (κ3) is 3.02. The lowest BCUT2D eigenvalue weighted by Gasteiger charge is -2.35. The first-order valence-electron chi connectivity index (χ1n) is 6.18. The molecule has 0 aliphatic carbocycles. The normalized spacial score (nSPS) is 17.7. The smallest absolute Gasteiger partial charge is 0.424 e. The van der Waals surface area contributed by atoms with Gasteiger partial charge in [0.1, 0.15) is 0 Å². The summed E-state index contributed by atoms with van der Waals surface area (Å²) in [5.74, 6) is -3.42. The fourth-order valence-electron chi connectivity index (χ4n) is 2.18. The van der Waals surface area contributed by atoms with Crippen molar-refractivity contribution in [3.8, 4) is 5.75 Å². The van der Waals surface area contributed by atoms with Crippen LogP contribution in [0.2, 0.25) is 0 Å². The van der Waals surface area contributed by atoms with E-state index in [-0.39, 0.29) is 11.3 Å². The third-order valence-electron chi connectivity index (χ3n) is 3.77. The van der Waals surface area contributed by atoms with Crippen molar-refractivity contribution in [2.24, 2.45) is 5.92 Å². The number of methoxy groups -OCH3 is 1. The number of carbonyl (C=O) groups excluding carboxylic acids is 1. The molecule has 0 aromatic heterocycles. The molecular weight excluding hydrogens is 292 g/mol. The topological polar surface area (TPSA) is 46.5 Å². The molecule has 3 unspecified atom stereocenters. The SMILES string of the molecule is COc1c(F)cccc1C(C)C(C)C(O)(C=O)C(F)(F)F. The maximum absolute atomic E-state index is 13.6. The van der Waals surface area contributed by atoms with E-state index in [4.69, 9.17) is 4.74 Å². The van der Waals surface area contributed by atoms with Crippen LogP contribution in [0.25, 0.3) is 0 Å². The molecule has 0 spiro atoms. The Bertz CT molecular complexity index is 515. The van der Waals surface area contributed by atoms with Crippen molar-refractivity contribution in [3.05, 3.63) is 29.6 Å². The van der Waals surface area contributed by atoms with Crippen LogP contribution in [0, 0.1) is 11.7 Å². The first kappa shape index (κ1) is 17.4. The monoisotopic (exact) mass is 308 g/mol. The van der Waals surface area contributed by atoms with Crippen molar-refractivity contribution < 1.29 is 32.2 Å². The molecule has 0 amide bonds. The molecule has 7 heteroatoms. The van der Waals surface area contributed by atoms with Gasteiger partial charge in [-0.15, -0.1) is 0 Å². The van der Waals surface area contributed by atoms with Crippen LogP contribution in [-0.4, -0.2) is 30.3 Å². The molecule has 0 bridgehead atoms. The van der Waals surface area contributed by atoms with Gasteiger partial charge in [-0.3, -0.25) is 4.79 Å². The minimum Gasteiger partial charge on any atom is -0.493 e. The van der Waals surface area contributed by atoms with E-state index in [1.54, 1.807) is 0 Å². The van der Waals surface area contributed by atoms with E-state index < -0.39 is 35.7 Å². The van der Waals surface area contributed by atoms with Gasteiger partial charge in [-0.2, -0.15) is 13.2 Å². The zero-order valence-electron chi connectivity index (χ0n) is 11.7. The quantitative estimate of drug-likeness (QED) is 0.672. The number of alkyl halides is 3. The van der Waals surface area contributed by atoms with E-state index >= 15 is 0 Å². The first-order valence-corrected chi connectivity index (χ1v) is 6.18. The van der Waals surface area contributed by atoms with Crippen LogP contribution in [0.1, 0.15) is 25.3 Å². The molecule has 0 radical (unpaired) electrons. The van der Waals surface area contributed by atoms with Gasteiger partial charge in [0.25, 0.3) is 0 Å². The highest BCUT2D eigenvalue weighted by atomic mass is 19.4. The van der Waals surface area contributed by atoms with Crippen molar-refractivity contribution in [2.75, 3.05) is 7.11 Å². The second-order valence-electron chi connectivity index (χ2n) is 4.88. The molecule has 0 saturated heterocycles. The summed E-state index contributed by atoms with van der Waals surface area (Å²) in [5, 5.41) is 9.66. The van der Waals surface area contributed by atoms with Gasteiger partial charge in [0, 0.05) is 11.5 Å². The van der Waals surface area contributed by atoms with E-state index in [2.05, 4.69) is 0 Å². The lowest BCUT2D eigenvalue weighted by atomic mass is 9.77. The van der Waals surface area contributed by atoms with E-state index in [1.165, 1.54) is 26.2 Å². The van der Waals surface area contributed by atoms with Gasteiger partial charge in [-0.25, -0.2) is 4.39 Å². The third-order valence-corrected chi connectivity index (χ3v) is 3.77. The summed E-state index contributed by atoms with van der Waals surface area (Å²) in [6.07, 6.45) is -5.65. The summed E-state index contributed by atoms with van der Waals surface area (Å²) in [6.45, 7) is 2.44. The summed E-state index contributed by atoms with van der Waals surface area (Å²) < 4.78 is 57.2. The Labute approximate surface area is 119 Å². The summed E-state index contributed by atoms with van der Waals surface area (Å²) in [5.41, 5.74) is -3.36. The van der Waals surface area contributed by atoms with Crippen molar-refractivity contribution >= 4 is 6.29 Å². The molecule has 21 heavy (non-hydrogen) atoms. The predicted molar refractivity (Wildman–Crippen MR) is 67.6 cm³/mol. The number of ether oxygens (including phenoxy) is 1. The molecular formula is C14H16F4O3. The lowest BCUT2D eigenvalue weighted by molar-refractivity contribution is -0.261. The van der Waals surface area contributed by atoms with Gasteiger partial charge >= 0.3 is 6.18 Å². The zero-order chi connectivity index (χ0) is 16.4. The van der Waals surface area contributed by atoms with Gasteiger partial charge < -0.3 is 9.84 Å². The number of para-hydroxylation sites is 1. The first-order chi connectivity index (χ1) is 9.60. The molecule has 0 fully saturated rings.